The van der Waals surface area contributed by atoms with E-state index in [1.807, 2.05) is 37.4 Å². The summed E-state index contributed by atoms with van der Waals surface area (Å²) in [5.74, 6) is 0.0637. The number of carbonyl (C=O) groups is 2. The van der Waals surface area contributed by atoms with Crippen molar-refractivity contribution in [1.82, 2.24) is 15.2 Å². The van der Waals surface area contributed by atoms with E-state index in [0.717, 1.165) is 29.3 Å². The average Bonchev–Trinajstić information content (AvgIpc) is 2.99. The van der Waals surface area contributed by atoms with E-state index in [4.69, 9.17) is 0 Å². The molecule has 2 amide bonds. The first-order valence-corrected chi connectivity index (χ1v) is 8.35. The number of aromatic nitrogens is 1. The molecule has 1 fully saturated rings. The van der Waals surface area contributed by atoms with Gasteiger partial charge in [0.05, 0.1) is 10.9 Å². The minimum Gasteiger partial charge on any atom is -0.355 e. The number of nitrogens with one attached hydrogen (secondary N) is 1. The maximum absolute atomic E-state index is 12.5. The van der Waals surface area contributed by atoms with Crippen LogP contribution in [0.4, 0.5) is 0 Å². The van der Waals surface area contributed by atoms with Crippen LogP contribution in [0, 0.1) is 5.41 Å². The summed E-state index contributed by atoms with van der Waals surface area (Å²) in [6.45, 7) is 5.23. The van der Waals surface area contributed by atoms with Crippen LogP contribution in [0.1, 0.15) is 25.8 Å². The van der Waals surface area contributed by atoms with Gasteiger partial charge in [-0.15, -0.1) is 0 Å². The summed E-state index contributed by atoms with van der Waals surface area (Å²) < 4.78 is 0. The molecule has 1 saturated heterocycles. The lowest BCUT2D eigenvalue weighted by Crippen LogP contribution is -2.42. The number of benzene rings is 1. The fraction of sp³-hybridized carbons (Fsp3) is 0.421. The van der Waals surface area contributed by atoms with Crippen molar-refractivity contribution < 1.29 is 9.59 Å². The predicted molar refractivity (Wildman–Crippen MR) is 93.4 cm³/mol. The van der Waals surface area contributed by atoms with Gasteiger partial charge in [-0.2, -0.15) is 0 Å². The lowest BCUT2D eigenvalue weighted by Gasteiger charge is -2.23. The molecule has 5 nitrogen and oxygen atoms in total. The van der Waals surface area contributed by atoms with Crippen molar-refractivity contribution in [3.63, 3.8) is 0 Å². The molecule has 2 heterocycles. The van der Waals surface area contributed by atoms with Gasteiger partial charge in [-0.05, 0) is 37.5 Å². The van der Waals surface area contributed by atoms with Crippen LogP contribution < -0.4 is 5.32 Å². The first-order valence-electron chi connectivity index (χ1n) is 8.35. The third-order valence-electron chi connectivity index (χ3n) is 4.81. The van der Waals surface area contributed by atoms with E-state index in [1.165, 1.54) is 0 Å². The maximum atomic E-state index is 12.5. The van der Waals surface area contributed by atoms with Crippen molar-refractivity contribution in [3.8, 4) is 0 Å². The second-order valence-corrected chi connectivity index (χ2v) is 6.79. The molecular formula is C19H23N3O2. The van der Waals surface area contributed by atoms with Crippen molar-refractivity contribution in [2.45, 2.75) is 26.7 Å². The summed E-state index contributed by atoms with van der Waals surface area (Å²) >= 11 is 0. The van der Waals surface area contributed by atoms with Crippen LogP contribution in [-0.2, 0) is 16.0 Å². The number of para-hydroxylation sites is 1. The lowest BCUT2D eigenvalue weighted by molar-refractivity contribution is -0.131. The van der Waals surface area contributed by atoms with Crippen molar-refractivity contribution in [2.75, 3.05) is 19.6 Å². The Morgan fingerprint density at radius 1 is 1.33 bits per heavy atom. The molecule has 0 bridgehead atoms. The third-order valence-corrected chi connectivity index (χ3v) is 4.81. The van der Waals surface area contributed by atoms with Gasteiger partial charge in [0.15, 0.2) is 0 Å². The Labute approximate surface area is 142 Å². The van der Waals surface area contributed by atoms with E-state index in [1.54, 1.807) is 11.8 Å². The van der Waals surface area contributed by atoms with Gasteiger partial charge in [0.1, 0.15) is 0 Å². The van der Waals surface area contributed by atoms with Crippen LogP contribution in [0.5, 0.6) is 0 Å². The highest BCUT2D eigenvalue weighted by atomic mass is 16.2. The van der Waals surface area contributed by atoms with E-state index in [-0.39, 0.29) is 11.8 Å². The van der Waals surface area contributed by atoms with Crippen LogP contribution in [0.15, 0.2) is 36.5 Å². The van der Waals surface area contributed by atoms with Crippen LogP contribution in [0.25, 0.3) is 10.9 Å². The quantitative estimate of drug-likeness (QED) is 0.937. The summed E-state index contributed by atoms with van der Waals surface area (Å²) in [5.41, 5.74) is 1.61. The fourth-order valence-corrected chi connectivity index (χ4v) is 3.20. The zero-order chi connectivity index (χ0) is 17.2. The van der Waals surface area contributed by atoms with Gasteiger partial charge in [-0.1, -0.05) is 18.2 Å². The van der Waals surface area contributed by atoms with Crippen molar-refractivity contribution in [1.29, 1.82) is 0 Å². The minimum atomic E-state index is -0.479. The average molecular weight is 325 g/mol. The van der Waals surface area contributed by atoms with Gasteiger partial charge in [0.25, 0.3) is 0 Å². The monoisotopic (exact) mass is 325 g/mol. The molecule has 1 N–H and O–H groups in total. The fourth-order valence-electron chi connectivity index (χ4n) is 3.20. The number of rotatable bonds is 4. The molecule has 1 aromatic carbocycles. The summed E-state index contributed by atoms with van der Waals surface area (Å²) in [6.07, 6.45) is 3.33. The number of hydrogen-bond donors (Lipinski definition) is 1. The minimum absolute atomic E-state index is 0.0278. The van der Waals surface area contributed by atoms with Gasteiger partial charge < -0.3 is 10.2 Å². The predicted octanol–water partition coefficient (Wildman–Crippen LogP) is 2.15. The number of fused-ring (bicyclic) bond motifs is 1. The number of amides is 2. The molecular weight excluding hydrogens is 302 g/mol. The molecule has 0 radical (unpaired) electrons. The van der Waals surface area contributed by atoms with E-state index in [0.29, 0.717) is 19.6 Å². The van der Waals surface area contributed by atoms with Gasteiger partial charge >= 0.3 is 0 Å². The van der Waals surface area contributed by atoms with Crippen LogP contribution in [0.2, 0.25) is 0 Å². The van der Waals surface area contributed by atoms with E-state index in [2.05, 4.69) is 16.4 Å². The van der Waals surface area contributed by atoms with E-state index < -0.39 is 5.41 Å². The number of likely N-dealkylation sites (tertiary alicyclic amines) is 1. The number of hydrogen-bond acceptors (Lipinski definition) is 3. The zero-order valence-corrected chi connectivity index (χ0v) is 14.2. The summed E-state index contributed by atoms with van der Waals surface area (Å²) in [4.78, 5) is 30.1. The van der Waals surface area contributed by atoms with Gasteiger partial charge in [0, 0.05) is 38.1 Å². The molecule has 1 aliphatic rings. The highest BCUT2D eigenvalue weighted by Gasteiger charge is 2.40. The molecule has 126 valence electrons. The first kappa shape index (κ1) is 16.4. The lowest BCUT2D eigenvalue weighted by atomic mass is 9.88. The number of pyridine rings is 1. The highest BCUT2D eigenvalue weighted by Crippen LogP contribution is 2.30. The standard InChI is InChI=1S/C19H23N3O2/c1-14(23)22-10-8-19(2,13-22)18(24)20-9-7-15-11-16-5-3-4-6-17(16)21-12-15/h3-6,11-12H,7-10,13H2,1-2H3,(H,20,24). The molecule has 2 aromatic rings. The Bertz CT molecular complexity index is 774. The Balaban J connectivity index is 1.55. The molecule has 0 saturated carbocycles. The Hall–Kier alpha value is -2.43. The molecule has 24 heavy (non-hydrogen) atoms. The maximum Gasteiger partial charge on any atom is 0.227 e. The highest BCUT2D eigenvalue weighted by molar-refractivity contribution is 5.84. The van der Waals surface area contributed by atoms with Crippen LogP contribution in [0.3, 0.4) is 0 Å². The van der Waals surface area contributed by atoms with Gasteiger partial charge in [-0.3, -0.25) is 14.6 Å². The topological polar surface area (TPSA) is 62.3 Å². The first-order chi connectivity index (χ1) is 11.5. The Morgan fingerprint density at radius 3 is 2.88 bits per heavy atom. The zero-order valence-electron chi connectivity index (χ0n) is 14.2. The van der Waals surface area contributed by atoms with Gasteiger partial charge in [-0.25, -0.2) is 0 Å². The molecule has 1 aromatic heterocycles. The molecule has 5 heteroatoms. The summed E-state index contributed by atoms with van der Waals surface area (Å²) in [5, 5.41) is 4.13. The van der Waals surface area contributed by atoms with Crippen molar-refractivity contribution in [2.24, 2.45) is 5.41 Å². The van der Waals surface area contributed by atoms with Crippen molar-refractivity contribution in [3.05, 3.63) is 42.1 Å². The Morgan fingerprint density at radius 2 is 2.12 bits per heavy atom. The van der Waals surface area contributed by atoms with Crippen LogP contribution >= 0.6 is 0 Å². The largest absolute Gasteiger partial charge is 0.355 e. The summed E-state index contributed by atoms with van der Waals surface area (Å²) in [6, 6.07) is 10.1. The SMILES string of the molecule is CC(=O)N1CCC(C)(C(=O)NCCc2cnc3ccccc3c2)C1. The second-order valence-electron chi connectivity index (χ2n) is 6.79. The molecule has 0 spiro atoms. The van der Waals surface area contributed by atoms with Gasteiger partial charge in [0.2, 0.25) is 11.8 Å². The molecule has 1 atom stereocenters. The van der Waals surface area contributed by atoms with E-state index in [9.17, 15) is 9.59 Å². The smallest absolute Gasteiger partial charge is 0.227 e. The molecule has 0 aliphatic carbocycles. The summed E-state index contributed by atoms with van der Waals surface area (Å²) in [7, 11) is 0. The van der Waals surface area contributed by atoms with E-state index >= 15 is 0 Å². The number of carbonyl (C=O) groups excluding carboxylic acids is 2. The normalized spacial score (nSPS) is 20.3. The Kier molecular flexibility index (Phi) is 4.51. The molecule has 3 rings (SSSR count). The molecule has 1 aliphatic heterocycles. The van der Waals surface area contributed by atoms with Crippen LogP contribution in [-0.4, -0.2) is 41.3 Å². The molecule has 1 unspecified atom stereocenters. The third kappa shape index (κ3) is 3.40. The number of nitrogens with zero attached hydrogens (tertiary/aromatic N) is 2. The van der Waals surface area contributed by atoms with Crippen molar-refractivity contribution >= 4 is 22.7 Å². The second kappa shape index (κ2) is 6.59.